The number of rotatable bonds is 7. The Balaban J connectivity index is 1.34. The minimum absolute atomic E-state index is 0.0760. The molecule has 1 aliphatic rings. The number of carbonyl (C=O) groups is 1. The highest BCUT2D eigenvalue weighted by atomic mass is 32.2. The molecule has 7 nitrogen and oxygen atoms in total. The predicted octanol–water partition coefficient (Wildman–Crippen LogP) is 5.89. The molecular formula is C29H27N5O2S. The van der Waals surface area contributed by atoms with Gasteiger partial charge in [-0.2, -0.15) is 0 Å². The molecule has 1 aliphatic heterocycles. The molecule has 0 atom stereocenters. The maximum absolute atomic E-state index is 13.3. The number of H-pyrrole nitrogens is 1. The summed E-state index contributed by atoms with van der Waals surface area (Å²) in [4.78, 5) is 18.6. The predicted molar refractivity (Wildman–Crippen MR) is 148 cm³/mol. The second-order valence-corrected chi connectivity index (χ2v) is 9.83. The zero-order chi connectivity index (χ0) is 25.2. The Bertz CT molecular complexity index is 1560. The number of nitrogens with zero attached hydrogens (tertiary/aromatic N) is 4. The van der Waals surface area contributed by atoms with Crippen LogP contribution in [0.3, 0.4) is 0 Å². The van der Waals surface area contributed by atoms with Crippen molar-refractivity contribution in [2.24, 2.45) is 0 Å². The summed E-state index contributed by atoms with van der Waals surface area (Å²) in [7, 11) is 0. The highest BCUT2D eigenvalue weighted by molar-refractivity contribution is 7.99. The van der Waals surface area contributed by atoms with Crippen molar-refractivity contribution in [2.45, 2.75) is 24.9 Å². The zero-order valence-electron chi connectivity index (χ0n) is 20.6. The topological polar surface area (TPSA) is 76.0 Å². The van der Waals surface area contributed by atoms with Gasteiger partial charge in [-0.05, 0) is 61.7 Å². The average molecular weight is 510 g/mol. The number of hydrogen-bond donors (Lipinski definition) is 1. The van der Waals surface area contributed by atoms with Crippen LogP contribution in [0, 0.1) is 0 Å². The van der Waals surface area contributed by atoms with Crippen LogP contribution in [0.1, 0.15) is 18.9 Å². The molecule has 0 radical (unpaired) electrons. The zero-order valence-corrected chi connectivity index (χ0v) is 21.4. The molecule has 0 saturated heterocycles. The van der Waals surface area contributed by atoms with Gasteiger partial charge in [-0.25, -0.2) is 0 Å². The van der Waals surface area contributed by atoms with Gasteiger partial charge in [0.1, 0.15) is 5.75 Å². The number of aryl methyl sites for hydroxylation is 1. The third-order valence-electron chi connectivity index (χ3n) is 6.61. The monoisotopic (exact) mass is 509 g/mol. The Morgan fingerprint density at radius 2 is 1.84 bits per heavy atom. The fourth-order valence-corrected chi connectivity index (χ4v) is 5.71. The smallest absolute Gasteiger partial charge is 0.237 e. The summed E-state index contributed by atoms with van der Waals surface area (Å²) in [6.45, 7) is 3.31. The number of para-hydroxylation sites is 2. The summed E-state index contributed by atoms with van der Waals surface area (Å²) in [6, 6.07) is 24.2. The van der Waals surface area contributed by atoms with E-state index in [2.05, 4.69) is 27.3 Å². The molecule has 0 unspecified atom stereocenters. The van der Waals surface area contributed by atoms with Crippen LogP contribution < -0.4 is 9.64 Å². The van der Waals surface area contributed by atoms with Gasteiger partial charge < -0.3 is 14.6 Å². The van der Waals surface area contributed by atoms with Crippen LogP contribution in [-0.4, -0.2) is 44.6 Å². The molecule has 0 bridgehead atoms. The van der Waals surface area contributed by atoms with Gasteiger partial charge in [0.25, 0.3) is 0 Å². The maximum atomic E-state index is 13.3. The lowest BCUT2D eigenvalue weighted by Gasteiger charge is -2.29. The Labute approximate surface area is 219 Å². The summed E-state index contributed by atoms with van der Waals surface area (Å²) in [5.41, 5.74) is 5.15. The van der Waals surface area contributed by atoms with Crippen LogP contribution >= 0.6 is 11.8 Å². The molecule has 1 N–H and O–H groups in total. The van der Waals surface area contributed by atoms with E-state index in [-0.39, 0.29) is 11.7 Å². The van der Waals surface area contributed by atoms with Crippen LogP contribution in [0.5, 0.6) is 5.75 Å². The van der Waals surface area contributed by atoms with E-state index in [1.807, 2.05) is 83.3 Å². The SMILES string of the molecule is CCOc1ccc(-n2c(SCC(=O)N3CCCc4ccccc43)nnc2-c2c[nH]c3ccccc23)cc1. The maximum Gasteiger partial charge on any atom is 0.237 e. The van der Waals surface area contributed by atoms with Crippen molar-refractivity contribution in [3.63, 3.8) is 0 Å². The Kier molecular flexibility index (Phi) is 6.40. The first-order valence-corrected chi connectivity index (χ1v) is 13.5. The van der Waals surface area contributed by atoms with Gasteiger partial charge in [0.15, 0.2) is 11.0 Å². The van der Waals surface area contributed by atoms with E-state index >= 15 is 0 Å². The Morgan fingerprint density at radius 1 is 1.03 bits per heavy atom. The second-order valence-electron chi connectivity index (χ2n) is 8.88. The first kappa shape index (κ1) is 23.4. The van der Waals surface area contributed by atoms with Crippen LogP contribution in [0.4, 0.5) is 5.69 Å². The largest absolute Gasteiger partial charge is 0.494 e. The molecule has 186 valence electrons. The lowest BCUT2D eigenvalue weighted by atomic mass is 10.0. The number of thioether (sulfide) groups is 1. The molecule has 0 saturated carbocycles. The standard InChI is InChI=1S/C29H27N5O2S/c1-2-36-22-15-13-21(14-16-22)34-28(24-18-30-25-11-5-4-10-23(24)25)31-32-29(34)37-19-27(35)33-17-7-9-20-8-3-6-12-26(20)33/h3-6,8,10-16,18,30H,2,7,9,17,19H2,1H3. The highest BCUT2D eigenvalue weighted by Gasteiger charge is 2.24. The van der Waals surface area contributed by atoms with Gasteiger partial charge in [-0.15, -0.1) is 10.2 Å². The number of ether oxygens (including phenoxy) is 1. The molecule has 37 heavy (non-hydrogen) atoms. The number of nitrogens with one attached hydrogen (secondary N) is 1. The number of aromatic nitrogens is 4. The van der Waals surface area contributed by atoms with E-state index < -0.39 is 0 Å². The Hall–Kier alpha value is -4.04. The number of hydrogen-bond acceptors (Lipinski definition) is 5. The normalized spacial score (nSPS) is 13.1. The summed E-state index contributed by atoms with van der Waals surface area (Å²) in [5, 5.41) is 10.9. The number of carbonyl (C=O) groups excluding carboxylic acids is 1. The van der Waals surface area contributed by atoms with E-state index in [0.29, 0.717) is 11.8 Å². The molecule has 1 amide bonds. The first-order chi connectivity index (χ1) is 18.2. The quantitative estimate of drug-likeness (QED) is 0.277. The third kappa shape index (κ3) is 4.49. The Morgan fingerprint density at radius 3 is 2.70 bits per heavy atom. The van der Waals surface area contributed by atoms with Crippen LogP contribution in [0.15, 0.2) is 84.1 Å². The van der Waals surface area contributed by atoms with Gasteiger partial charge in [-0.1, -0.05) is 48.2 Å². The highest BCUT2D eigenvalue weighted by Crippen LogP contribution is 2.34. The van der Waals surface area contributed by atoms with E-state index in [4.69, 9.17) is 4.74 Å². The van der Waals surface area contributed by atoms with E-state index in [1.54, 1.807) is 0 Å². The number of anilines is 1. The van der Waals surface area contributed by atoms with Crippen LogP contribution in [-0.2, 0) is 11.2 Å². The fraction of sp³-hybridized carbons (Fsp3) is 0.207. The molecule has 6 rings (SSSR count). The van der Waals surface area contributed by atoms with Crippen molar-refractivity contribution in [3.05, 3.63) is 84.6 Å². The van der Waals surface area contributed by atoms with Gasteiger partial charge in [0.2, 0.25) is 5.91 Å². The van der Waals surface area contributed by atoms with Gasteiger partial charge in [0.05, 0.1) is 12.4 Å². The molecule has 5 aromatic rings. The number of benzene rings is 3. The molecule has 8 heteroatoms. The van der Waals surface area contributed by atoms with Crippen molar-refractivity contribution in [2.75, 3.05) is 23.8 Å². The van der Waals surface area contributed by atoms with Crippen molar-refractivity contribution in [3.8, 4) is 22.8 Å². The fourth-order valence-electron chi connectivity index (χ4n) is 4.88. The van der Waals surface area contributed by atoms with Gasteiger partial charge in [-0.3, -0.25) is 9.36 Å². The molecule has 3 aromatic carbocycles. The summed E-state index contributed by atoms with van der Waals surface area (Å²) >= 11 is 1.41. The second kappa shape index (κ2) is 10.1. The minimum atomic E-state index is 0.0760. The molecule has 0 aliphatic carbocycles. The van der Waals surface area contributed by atoms with Crippen LogP contribution in [0.2, 0.25) is 0 Å². The molecular weight excluding hydrogens is 482 g/mol. The van der Waals surface area contributed by atoms with E-state index in [9.17, 15) is 4.79 Å². The molecule has 0 fully saturated rings. The summed E-state index contributed by atoms with van der Waals surface area (Å²) in [6.07, 6.45) is 3.94. The van der Waals surface area contributed by atoms with Crippen molar-refractivity contribution >= 4 is 34.3 Å². The molecule has 3 heterocycles. The van der Waals surface area contributed by atoms with Crippen molar-refractivity contribution < 1.29 is 9.53 Å². The van der Waals surface area contributed by atoms with E-state index in [0.717, 1.165) is 58.8 Å². The number of amides is 1. The van der Waals surface area contributed by atoms with Crippen molar-refractivity contribution in [1.29, 1.82) is 0 Å². The van der Waals surface area contributed by atoms with E-state index in [1.165, 1.54) is 17.3 Å². The third-order valence-corrected chi connectivity index (χ3v) is 7.52. The van der Waals surface area contributed by atoms with Gasteiger partial charge in [0, 0.05) is 40.6 Å². The summed E-state index contributed by atoms with van der Waals surface area (Å²) in [5.74, 6) is 1.88. The van der Waals surface area contributed by atoms with Crippen LogP contribution in [0.25, 0.3) is 28.0 Å². The average Bonchev–Trinajstić information content (AvgIpc) is 3.56. The molecule has 0 spiro atoms. The first-order valence-electron chi connectivity index (χ1n) is 12.5. The minimum Gasteiger partial charge on any atom is -0.494 e. The number of fused-ring (bicyclic) bond motifs is 2. The number of aromatic amines is 1. The van der Waals surface area contributed by atoms with Gasteiger partial charge >= 0.3 is 0 Å². The molecule has 2 aromatic heterocycles. The van der Waals surface area contributed by atoms with Crippen molar-refractivity contribution in [1.82, 2.24) is 19.7 Å². The lowest BCUT2D eigenvalue weighted by molar-refractivity contribution is -0.116. The summed E-state index contributed by atoms with van der Waals surface area (Å²) < 4.78 is 7.66. The lowest BCUT2D eigenvalue weighted by Crippen LogP contribution is -2.36.